The molecule has 0 aliphatic heterocycles. The molecule has 2 fully saturated rings. The Morgan fingerprint density at radius 3 is 2.04 bits per heavy atom. The van der Waals surface area contributed by atoms with Gasteiger partial charge in [0.25, 0.3) is 0 Å². The number of carbonyl (C=O) groups is 1. The Hall–Kier alpha value is -0.870. The van der Waals surface area contributed by atoms with Gasteiger partial charge < -0.3 is 14.2 Å². The first-order valence-corrected chi connectivity index (χ1v) is 9.17. The average molecular weight is 324 g/mol. The zero-order valence-corrected chi connectivity index (χ0v) is 14.6. The van der Waals surface area contributed by atoms with Crippen molar-refractivity contribution in [1.82, 2.24) is 0 Å². The van der Waals surface area contributed by atoms with Crippen LogP contribution in [0.25, 0.3) is 0 Å². The van der Waals surface area contributed by atoms with Crippen molar-refractivity contribution in [3.05, 3.63) is 12.2 Å². The third-order valence-corrected chi connectivity index (χ3v) is 5.01. The van der Waals surface area contributed by atoms with E-state index in [1.54, 1.807) is 6.92 Å². The van der Waals surface area contributed by atoms with Crippen LogP contribution in [0, 0.1) is 11.8 Å². The van der Waals surface area contributed by atoms with Gasteiger partial charge in [-0.3, -0.25) is 0 Å². The Morgan fingerprint density at radius 2 is 1.48 bits per heavy atom. The molecule has 0 saturated heterocycles. The molecule has 0 aromatic rings. The summed E-state index contributed by atoms with van der Waals surface area (Å²) in [4.78, 5) is 11.5. The lowest BCUT2D eigenvalue weighted by molar-refractivity contribution is -0.146. The maximum Gasteiger partial charge on any atom is 0.333 e. The second-order valence-electron chi connectivity index (χ2n) is 7.19. The van der Waals surface area contributed by atoms with Crippen molar-refractivity contribution in [2.24, 2.45) is 11.8 Å². The summed E-state index contributed by atoms with van der Waals surface area (Å²) in [6.45, 7) is 7.33. The van der Waals surface area contributed by atoms with Crippen molar-refractivity contribution in [1.29, 1.82) is 0 Å². The summed E-state index contributed by atoms with van der Waals surface area (Å²) in [5.74, 6) is 1.04. The topological polar surface area (TPSA) is 44.8 Å². The van der Waals surface area contributed by atoms with Crippen LogP contribution in [0.1, 0.15) is 64.7 Å². The van der Waals surface area contributed by atoms with Crippen molar-refractivity contribution < 1.29 is 19.0 Å². The summed E-state index contributed by atoms with van der Waals surface area (Å²) >= 11 is 0. The molecule has 0 heterocycles. The second kappa shape index (κ2) is 10.1. The summed E-state index contributed by atoms with van der Waals surface area (Å²) < 4.78 is 16.7. The van der Waals surface area contributed by atoms with E-state index in [2.05, 4.69) is 6.58 Å². The largest absolute Gasteiger partial charge is 0.459 e. The molecule has 2 aliphatic rings. The van der Waals surface area contributed by atoms with Crippen LogP contribution < -0.4 is 0 Å². The first-order valence-electron chi connectivity index (χ1n) is 9.17. The number of hydrogen-bond donors (Lipinski definition) is 0. The standard InChI is InChI=1S/C19H32O4/c1-15(2)19(20)23-18-10-8-17(9-11-18)13-22-14-21-12-16-6-4-3-5-7-16/h16-18H,1,3-14H2,2H3. The summed E-state index contributed by atoms with van der Waals surface area (Å²) in [5, 5.41) is 0. The van der Waals surface area contributed by atoms with E-state index in [0.29, 0.717) is 18.3 Å². The summed E-state index contributed by atoms with van der Waals surface area (Å²) in [6.07, 6.45) is 10.7. The molecule has 0 N–H and O–H groups in total. The average Bonchev–Trinajstić information content (AvgIpc) is 2.57. The number of ether oxygens (including phenoxy) is 3. The zero-order valence-electron chi connectivity index (χ0n) is 14.6. The van der Waals surface area contributed by atoms with Gasteiger partial charge in [-0.1, -0.05) is 25.8 Å². The van der Waals surface area contributed by atoms with Crippen molar-refractivity contribution in [2.75, 3.05) is 20.0 Å². The number of carbonyl (C=O) groups excluding carboxylic acids is 1. The van der Waals surface area contributed by atoms with E-state index in [1.165, 1.54) is 32.1 Å². The minimum atomic E-state index is -0.263. The molecule has 0 radical (unpaired) electrons. The highest BCUT2D eigenvalue weighted by molar-refractivity contribution is 5.87. The molecule has 0 amide bonds. The first-order chi connectivity index (χ1) is 11.1. The highest BCUT2D eigenvalue weighted by Gasteiger charge is 2.24. The van der Waals surface area contributed by atoms with E-state index >= 15 is 0 Å². The molecule has 23 heavy (non-hydrogen) atoms. The predicted molar refractivity (Wildman–Crippen MR) is 90.0 cm³/mol. The monoisotopic (exact) mass is 324 g/mol. The number of esters is 1. The van der Waals surface area contributed by atoms with Crippen LogP contribution >= 0.6 is 0 Å². The molecular weight excluding hydrogens is 292 g/mol. The van der Waals surface area contributed by atoms with Crippen LogP contribution in [0.2, 0.25) is 0 Å². The smallest absolute Gasteiger partial charge is 0.333 e. The molecule has 4 nitrogen and oxygen atoms in total. The van der Waals surface area contributed by atoms with Crippen LogP contribution in [0.5, 0.6) is 0 Å². The summed E-state index contributed by atoms with van der Waals surface area (Å²) in [6, 6.07) is 0. The van der Waals surface area contributed by atoms with E-state index in [0.717, 1.165) is 44.8 Å². The van der Waals surface area contributed by atoms with Crippen LogP contribution in [0.4, 0.5) is 0 Å². The molecular formula is C19H32O4. The minimum absolute atomic E-state index is 0.0537. The van der Waals surface area contributed by atoms with Crippen molar-refractivity contribution >= 4 is 5.97 Å². The minimum Gasteiger partial charge on any atom is -0.459 e. The molecule has 132 valence electrons. The summed E-state index contributed by atoms with van der Waals surface area (Å²) in [7, 11) is 0. The zero-order chi connectivity index (χ0) is 16.5. The van der Waals surface area contributed by atoms with E-state index < -0.39 is 0 Å². The molecule has 0 aromatic carbocycles. The van der Waals surface area contributed by atoms with Gasteiger partial charge in [0.1, 0.15) is 12.9 Å². The highest BCUT2D eigenvalue weighted by atomic mass is 16.7. The third kappa shape index (κ3) is 7.05. The lowest BCUT2D eigenvalue weighted by Crippen LogP contribution is -2.26. The Bertz CT molecular complexity index is 366. The second-order valence-corrected chi connectivity index (χ2v) is 7.19. The van der Waals surface area contributed by atoms with Gasteiger partial charge in [0.15, 0.2) is 0 Å². The fraction of sp³-hybridized carbons (Fsp3) is 0.842. The SMILES string of the molecule is C=C(C)C(=O)OC1CCC(COCOCC2CCCCC2)CC1. The summed E-state index contributed by atoms with van der Waals surface area (Å²) in [5.41, 5.74) is 0.477. The molecule has 0 aromatic heterocycles. The maximum absolute atomic E-state index is 11.5. The predicted octanol–water partition coefficient (Wildman–Crippen LogP) is 4.24. The molecule has 2 rings (SSSR count). The fourth-order valence-electron chi connectivity index (χ4n) is 3.51. The van der Waals surface area contributed by atoms with Gasteiger partial charge in [0, 0.05) is 5.57 Å². The van der Waals surface area contributed by atoms with Crippen molar-refractivity contribution in [3.63, 3.8) is 0 Å². The quantitative estimate of drug-likeness (QED) is 0.290. The van der Waals surface area contributed by atoms with Crippen LogP contribution in [0.15, 0.2) is 12.2 Å². The van der Waals surface area contributed by atoms with Gasteiger partial charge in [-0.2, -0.15) is 0 Å². The van der Waals surface area contributed by atoms with Gasteiger partial charge in [0.05, 0.1) is 13.2 Å². The lowest BCUT2D eigenvalue weighted by Gasteiger charge is -2.28. The maximum atomic E-state index is 11.5. The van der Waals surface area contributed by atoms with E-state index in [-0.39, 0.29) is 12.1 Å². The molecule has 0 atom stereocenters. The normalized spacial score (nSPS) is 26.0. The van der Waals surface area contributed by atoms with E-state index in [1.807, 2.05) is 0 Å². The van der Waals surface area contributed by atoms with Gasteiger partial charge in [-0.05, 0) is 57.3 Å². The number of rotatable bonds is 8. The Kier molecular flexibility index (Phi) is 8.10. The van der Waals surface area contributed by atoms with Crippen LogP contribution in [-0.2, 0) is 19.0 Å². The van der Waals surface area contributed by atoms with Gasteiger partial charge >= 0.3 is 5.97 Å². The van der Waals surface area contributed by atoms with Crippen LogP contribution in [0.3, 0.4) is 0 Å². The molecule has 0 unspecified atom stereocenters. The van der Waals surface area contributed by atoms with Crippen molar-refractivity contribution in [2.45, 2.75) is 70.8 Å². The van der Waals surface area contributed by atoms with Gasteiger partial charge in [-0.15, -0.1) is 0 Å². The lowest BCUT2D eigenvalue weighted by atomic mass is 9.88. The Morgan fingerprint density at radius 1 is 0.913 bits per heavy atom. The highest BCUT2D eigenvalue weighted by Crippen LogP contribution is 2.27. The Balaban J connectivity index is 1.48. The molecule has 4 heteroatoms. The molecule has 2 saturated carbocycles. The van der Waals surface area contributed by atoms with E-state index in [9.17, 15) is 4.79 Å². The molecule has 0 spiro atoms. The first kappa shape index (κ1) is 18.5. The number of hydrogen-bond acceptors (Lipinski definition) is 4. The molecule has 0 bridgehead atoms. The van der Waals surface area contributed by atoms with Crippen LogP contribution in [-0.4, -0.2) is 32.1 Å². The Labute approximate surface area is 140 Å². The van der Waals surface area contributed by atoms with Crippen molar-refractivity contribution in [3.8, 4) is 0 Å². The van der Waals surface area contributed by atoms with Gasteiger partial charge in [0.2, 0.25) is 0 Å². The third-order valence-electron chi connectivity index (χ3n) is 5.01. The van der Waals surface area contributed by atoms with Gasteiger partial charge in [-0.25, -0.2) is 4.79 Å². The molecule has 2 aliphatic carbocycles. The fourth-order valence-corrected chi connectivity index (χ4v) is 3.51. The van der Waals surface area contributed by atoms with E-state index in [4.69, 9.17) is 14.2 Å².